The molecule has 4 aromatic rings. The Labute approximate surface area is 204 Å². The molecule has 1 aliphatic heterocycles. The van der Waals surface area contributed by atoms with Crippen LogP contribution in [0.3, 0.4) is 0 Å². The summed E-state index contributed by atoms with van der Waals surface area (Å²) in [6.07, 6.45) is 1.10. The molecule has 1 atom stereocenters. The van der Waals surface area contributed by atoms with E-state index < -0.39 is 27.5 Å². The maximum absolute atomic E-state index is 13.2. The van der Waals surface area contributed by atoms with Gasteiger partial charge in [-0.3, -0.25) is 4.79 Å². The van der Waals surface area contributed by atoms with Crippen molar-refractivity contribution < 1.29 is 22.7 Å². The summed E-state index contributed by atoms with van der Waals surface area (Å²) in [4.78, 5) is 31.0. The maximum atomic E-state index is 13.2. The number of aromatic carboxylic acids is 1. The number of hydrogen-bond donors (Lipinski definition) is 1. The van der Waals surface area contributed by atoms with Gasteiger partial charge in [0.2, 0.25) is 10.0 Å². The molecule has 0 amide bonds. The number of hydrogen-bond acceptors (Lipinski definition) is 8. The first-order valence-corrected chi connectivity index (χ1v) is 12.6. The molecular formula is C23H20FN6O5S-. The number of nitrogens with one attached hydrogen (secondary N) is 1. The van der Waals surface area contributed by atoms with E-state index in [1.807, 2.05) is 0 Å². The second kappa shape index (κ2) is 9.24. The number of fused-ring (bicyclic) bond motifs is 1. The average molecular weight is 512 g/mol. The third-order valence-electron chi connectivity index (χ3n) is 6.12. The molecule has 5 rings (SSSR count). The normalized spacial score (nSPS) is 16.9. The largest absolute Gasteiger partial charge is 0.545 e. The molecule has 1 aliphatic rings. The van der Waals surface area contributed by atoms with E-state index in [2.05, 4.69) is 20.3 Å². The van der Waals surface area contributed by atoms with Crippen LogP contribution in [0.2, 0.25) is 0 Å². The Balaban J connectivity index is 1.44. The van der Waals surface area contributed by atoms with E-state index in [4.69, 9.17) is 0 Å². The first-order valence-electron chi connectivity index (χ1n) is 11.1. The maximum Gasteiger partial charge on any atom is 0.281 e. The molecule has 3 heterocycles. The van der Waals surface area contributed by atoms with Gasteiger partial charge in [0.15, 0.2) is 11.2 Å². The zero-order chi connectivity index (χ0) is 25.4. The molecule has 2 aromatic carbocycles. The fourth-order valence-electron chi connectivity index (χ4n) is 4.26. The van der Waals surface area contributed by atoms with Crippen LogP contribution in [0, 0.1) is 5.82 Å². The van der Waals surface area contributed by atoms with Gasteiger partial charge in [-0.15, -0.1) is 5.10 Å². The smallest absolute Gasteiger partial charge is 0.281 e. The molecule has 0 aliphatic carbocycles. The number of rotatable bonds is 6. The van der Waals surface area contributed by atoms with Crippen molar-refractivity contribution in [2.45, 2.75) is 30.2 Å². The average Bonchev–Trinajstić information content (AvgIpc) is 3.28. The molecule has 0 spiro atoms. The second-order valence-electron chi connectivity index (χ2n) is 8.51. The number of carbonyl (C=O) groups is 1. The van der Waals surface area contributed by atoms with Crippen molar-refractivity contribution in [2.24, 2.45) is 0 Å². The highest BCUT2D eigenvalue weighted by Crippen LogP contribution is 2.29. The number of carboxylic acid groups (broad SMARTS) is 1. The Bertz CT molecular complexity index is 1620. The molecular weight excluding hydrogens is 491 g/mol. The molecule has 0 saturated carbocycles. The first-order chi connectivity index (χ1) is 17.2. The third kappa shape index (κ3) is 4.50. The first kappa shape index (κ1) is 23.8. The lowest BCUT2D eigenvalue weighted by Gasteiger charge is -2.31. The summed E-state index contributed by atoms with van der Waals surface area (Å²) in [7, 11) is -3.99. The summed E-state index contributed by atoms with van der Waals surface area (Å²) >= 11 is 0. The number of carbonyl (C=O) groups excluding carboxylic acids is 1. The lowest BCUT2D eigenvalue weighted by atomic mass is 9.99. The van der Waals surface area contributed by atoms with Gasteiger partial charge in [-0.1, -0.05) is 29.5 Å². The Morgan fingerprint density at radius 2 is 1.97 bits per heavy atom. The predicted octanol–water partition coefficient (Wildman–Crippen LogP) is 0.634. The Morgan fingerprint density at radius 3 is 2.72 bits per heavy atom. The van der Waals surface area contributed by atoms with Crippen molar-refractivity contribution >= 4 is 27.2 Å². The minimum atomic E-state index is -3.99. The summed E-state index contributed by atoms with van der Waals surface area (Å²) in [6, 6.07) is 10.8. The highest BCUT2D eigenvalue weighted by molar-refractivity contribution is 7.89. The van der Waals surface area contributed by atoms with Gasteiger partial charge in [-0.05, 0) is 48.2 Å². The summed E-state index contributed by atoms with van der Waals surface area (Å²) in [5, 5.41) is 19.1. The minimum absolute atomic E-state index is 0.0419. The van der Waals surface area contributed by atoms with E-state index in [0.29, 0.717) is 18.7 Å². The van der Waals surface area contributed by atoms with Crippen molar-refractivity contribution in [1.29, 1.82) is 0 Å². The van der Waals surface area contributed by atoms with Gasteiger partial charge < -0.3 is 14.9 Å². The fourth-order valence-corrected chi connectivity index (χ4v) is 5.83. The molecule has 2 aromatic heterocycles. The van der Waals surface area contributed by atoms with Gasteiger partial charge in [0, 0.05) is 19.0 Å². The van der Waals surface area contributed by atoms with Crippen LogP contribution in [-0.2, 0) is 16.6 Å². The van der Waals surface area contributed by atoms with Crippen LogP contribution in [0.15, 0.2) is 58.2 Å². The van der Waals surface area contributed by atoms with Crippen LogP contribution in [0.4, 0.5) is 4.39 Å². The number of H-pyrrole nitrogens is 1. The molecule has 1 saturated heterocycles. The van der Waals surface area contributed by atoms with Gasteiger partial charge in [-0.25, -0.2) is 22.5 Å². The molecule has 36 heavy (non-hydrogen) atoms. The number of sulfonamides is 1. The number of nitrogens with zero attached hydrogens (tertiary/aromatic N) is 5. The number of carboxylic acids is 1. The van der Waals surface area contributed by atoms with E-state index >= 15 is 0 Å². The summed E-state index contributed by atoms with van der Waals surface area (Å²) < 4.78 is 42.4. The minimum Gasteiger partial charge on any atom is -0.545 e. The number of halogens is 1. The Kier molecular flexibility index (Phi) is 6.10. The zero-order valence-electron chi connectivity index (χ0n) is 18.8. The third-order valence-corrected chi connectivity index (χ3v) is 7.98. The standard InChI is InChI=1S/C23H21FN6O5S/c24-17-8-6-14(7-9-17)12-30-21-19(27-28-30)22(31)26-20(25-21)16-4-2-10-29(13-16)36(34,35)18-5-1-3-15(11-18)23(32)33/h1,3,5-9,11,16H,2,4,10,12-13H2,(H,32,33)(H,25,26,31)/p-1. The highest BCUT2D eigenvalue weighted by Gasteiger charge is 2.32. The van der Waals surface area contributed by atoms with Crippen LogP contribution in [0.5, 0.6) is 0 Å². The van der Waals surface area contributed by atoms with Crippen molar-refractivity contribution in [2.75, 3.05) is 13.1 Å². The van der Waals surface area contributed by atoms with Crippen LogP contribution < -0.4 is 10.7 Å². The predicted molar refractivity (Wildman–Crippen MR) is 123 cm³/mol. The zero-order valence-corrected chi connectivity index (χ0v) is 19.6. The summed E-state index contributed by atoms with van der Waals surface area (Å²) in [6.45, 7) is 0.503. The fraction of sp³-hybridized carbons (Fsp3) is 0.261. The molecule has 11 nitrogen and oxygen atoms in total. The number of piperidine rings is 1. The Morgan fingerprint density at radius 1 is 1.19 bits per heavy atom. The topological polar surface area (TPSA) is 154 Å². The Hall–Kier alpha value is -3.97. The SMILES string of the molecule is O=C([O-])c1cccc(S(=O)(=O)N2CCCC(c3nc4c(nnn4Cc4ccc(F)cc4)c(=O)[nH]3)C2)c1. The lowest BCUT2D eigenvalue weighted by Crippen LogP contribution is -2.40. The van der Waals surface area contributed by atoms with E-state index in [9.17, 15) is 27.5 Å². The van der Waals surface area contributed by atoms with E-state index in [1.165, 1.54) is 39.3 Å². The highest BCUT2D eigenvalue weighted by atomic mass is 32.2. The van der Waals surface area contributed by atoms with E-state index in [0.717, 1.165) is 11.6 Å². The molecule has 186 valence electrons. The van der Waals surface area contributed by atoms with Crippen molar-refractivity contribution in [3.8, 4) is 0 Å². The molecule has 1 fully saturated rings. The van der Waals surface area contributed by atoms with Crippen molar-refractivity contribution in [1.82, 2.24) is 29.3 Å². The van der Waals surface area contributed by atoms with Crippen LogP contribution in [-0.4, -0.2) is 56.7 Å². The molecule has 1 unspecified atom stereocenters. The molecule has 13 heteroatoms. The number of aromatic nitrogens is 5. The molecule has 0 radical (unpaired) electrons. The van der Waals surface area contributed by atoms with Crippen LogP contribution >= 0.6 is 0 Å². The molecule has 0 bridgehead atoms. The van der Waals surface area contributed by atoms with Crippen LogP contribution in [0.25, 0.3) is 11.2 Å². The van der Waals surface area contributed by atoms with Crippen molar-refractivity contribution in [3.63, 3.8) is 0 Å². The lowest BCUT2D eigenvalue weighted by molar-refractivity contribution is -0.255. The number of aromatic amines is 1. The second-order valence-corrected chi connectivity index (χ2v) is 10.5. The van der Waals surface area contributed by atoms with Gasteiger partial charge in [0.1, 0.15) is 11.6 Å². The number of benzene rings is 2. The van der Waals surface area contributed by atoms with E-state index in [1.54, 1.807) is 12.1 Å². The van der Waals surface area contributed by atoms with Crippen LogP contribution in [0.1, 0.15) is 40.5 Å². The van der Waals surface area contributed by atoms with Crippen molar-refractivity contribution in [3.05, 3.63) is 81.7 Å². The van der Waals surface area contributed by atoms with Gasteiger partial charge in [-0.2, -0.15) is 4.31 Å². The summed E-state index contributed by atoms with van der Waals surface area (Å²) in [5.41, 5.74) is 0.283. The van der Waals surface area contributed by atoms with Gasteiger partial charge >= 0.3 is 0 Å². The van der Waals surface area contributed by atoms with Gasteiger partial charge in [0.05, 0.1) is 17.4 Å². The summed E-state index contributed by atoms with van der Waals surface area (Å²) in [5.74, 6) is -1.95. The van der Waals surface area contributed by atoms with E-state index in [-0.39, 0.29) is 47.1 Å². The molecule has 1 N–H and O–H groups in total. The van der Waals surface area contributed by atoms with Gasteiger partial charge in [0.25, 0.3) is 5.56 Å². The quantitative estimate of drug-likeness (QED) is 0.395. The monoisotopic (exact) mass is 511 g/mol.